The summed E-state index contributed by atoms with van der Waals surface area (Å²) < 4.78 is 15.0. The number of hydrogen-bond acceptors (Lipinski definition) is 3. The van der Waals surface area contributed by atoms with Gasteiger partial charge in [-0.2, -0.15) is 0 Å². The van der Waals surface area contributed by atoms with Crippen molar-refractivity contribution in [3.8, 4) is 0 Å². The normalized spacial score (nSPS) is 10.5. The highest BCUT2D eigenvalue weighted by Gasteiger charge is 2.13. The number of nitrogen functional groups attached to an aromatic ring is 1. The molecule has 2 aromatic rings. The van der Waals surface area contributed by atoms with Gasteiger partial charge in [0.2, 0.25) is 0 Å². The van der Waals surface area contributed by atoms with Gasteiger partial charge in [0.05, 0.1) is 17.1 Å². The lowest BCUT2D eigenvalue weighted by Crippen LogP contribution is -2.19. The van der Waals surface area contributed by atoms with E-state index in [4.69, 9.17) is 17.3 Å². The summed E-state index contributed by atoms with van der Waals surface area (Å²) in [7, 11) is 1.54. The molecule has 0 atom stereocenters. The van der Waals surface area contributed by atoms with Crippen LogP contribution < -0.4 is 16.6 Å². The van der Waals surface area contributed by atoms with Crippen molar-refractivity contribution in [3.05, 3.63) is 51.2 Å². The van der Waals surface area contributed by atoms with E-state index in [9.17, 15) is 9.18 Å². The molecule has 0 radical (unpaired) electrons. The molecule has 6 heteroatoms. The van der Waals surface area contributed by atoms with Crippen LogP contribution in [0.15, 0.2) is 29.2 Å². The predicted octanol–water partition coefficient (Wildman–Crippen LogP) is 2.81. The zero-order chi connectivity index (χ0) is 14.2. The van der Waals surface area contributed by atoms with Gasteiger partial charge in [0.15, 0.2) is 0 Å². The Morgan fingerprint density at radius 1 is 1.42 bits per heavy atom. The van der Waals surface area contributed by atoms with Crippen molar-refractivity contribution in [2.45, 2.75) is 6.92 Å². The third-order valence-electron chi connectivity index (χ3n) is 2.73. The maximum atomic E-state index is 13.7. The van der Waals surface area contributed by atoms with Crippen molar-refractivity contribution >= 4 is 28.7 Å². The average Bonchev–Trinajstić information content (AvgIpc) is 2.34. The molecule has 0 bridgehead atoms. The molecule has 0 aliphatic heterocycles. The standard InChI is InChI=1S/C13H13ClFN3O/c1-7-3-4-10(8(15)5-7)17-12-9(16)6-18(2)13(19)11(12)14/h3-6,17H,16H2,1-2H3. The van der Waals surface area contributed by atoms with Gasteiger partial charge in [0.1, 0.15) is 10.8 Å². The lowest BCUT2D eigenvalue weighted by Gasteiger charge is -2.13. The number of pyridine rings is 1. The molecule has 1 aromatic heterocycles. The van der Waals surface area contributed by atoms with Crippen molar-refractivity contribution < 1.29 is 4.39 Å². The topological polar surface area (TPSA) is 60.0 Å². The summed E-state index contributed by atoms with van der Waals surface area (Å²) >= 11 is 5.94. The molecule has 2 rings (SSSR count). The third-order valence-corrected chi connectivity index (χ3v) is 3.08. The van der Waals surface area contributed by atoms with Gasteiger partial charge in [-0.3, -0.25) is 4.79 Å². The monoisotopic (exact) mass is 281 g/mol. The number of aryl methyl sites for hydroxylation is 2. The number of rotatable bonds is 2. The quantitative estimate of drug-likeness (QED) is 0.890. The maximum Gasteiger partial charge on any atom is 0.271 e. The van der Waals surface area contributed by atoms with E-state index in [0.29, 0.717) is 0 Å². The second-order valence-electron chi connectivity index (χ2n) is 4.30. The molecule has 0 unspecified atom stereocenters. The molecule has 1 aromatic carbocycles. The van der Waals surface area contributed by atoms with Gasteiger partial charge >= 0.3 is 0 Å². The second kappa shape index (κ2) is 4.93. The first-order valence-corrected chi connectivity index (χ1v) is 5.95. The summed E-state index contributed by atoms with van der Waals surface area (Å²) in [5.41, 5.74) is 6.89. The number of hydrogen-bond donors (Lipinski definition) is 2. The van der Waals surface area contributed by atoms with E-state index in [1.807, 2.05) is 0 Å². The second-order valence-corrected chi connectivity index (χ2v) is 4.68. The number of aromatic nitrogens is 1. The van der Waals surface area contributed by atoms with Crippen LogP contribution in [-0.2, 0) is 7.05 Å². The summed E-state index contributed by atoms with van der Waals surface area (Å²) in [4.78, 5) is 11.7. The highest BCUT2D eigenvalue weighted by atomic mass is 35.5. The van der Waals surface area contributed by atoms with E-state index in [1.165, 1.54) is 16.8 Å². The van der Waals surface area contributed by atoms with Gasteiger partial charge in [-0.1, -0.05) is 17.7 Å². The fourth-order valence-electron chi connectivity index (χ4n) is 1.70. The van der Waals surface area contributed by atoms with E-state index in [-0.39, 0.29) is 22.1 Å². The first kappa shape index (κ1) is 13.4. The van der Waals surface area contributed by atoms with Crippen molar-refractivity contribution in [1.82, 2.24) is 4.57 Å². The van der Waals surface area contributed by atoms with Gasteiger partial charge in [-0.25, -0.2) is 4.39 Å². The minimum absolute atomic E-state index is 0.0672. The number of nitrogens with two attached hydrogens (primary N) is 1. The van der Waals surface area contributed by atoms with Crippen molar-refractivity contribution in [1.29, 1.82) is 0 Å². The molecule has 0 aliphatic carbocycles. The Hall–Kier alpha value is -2.01. The lowest BCUT2D eigenvalue weighted by atomic mass is 10.2. The smallest absolute Gasteiger partial charge is 0.271 e. The fraction of sp³-hybridized carbons (Fsp3) is 0.154. The summed E-state index contributed by atoms with van der Waals surface area (Å²) in [6.07, 6.45) is 1.43. The minimum atomic E-state index is -0.434. The Morgan fingerprint density at radius 2 is 2.11 bits per heavy atom. The minimum Gasteiger partial charge on any atom is -0.396 e. The zero-order valence-electron chi connectivity index (χ0n) is 10.5. The molecule has 0 aliphatic rings. The molecule has 0 spiro atoms. The molecule has 0 saturated heterocycles. The molecular weight excluding hydrogens is 269 g/mol. The third kappa shape index (κ3) is 2.56. The molecule has 4 nitrogen and oxygen atoms in total. The first-order chi connectivity index (χ1) is 8.90. The predicted molar refractivity (Wildman–Crippen MR) is 75.5 cm³/mol. The van der Waals surface area contributed by atoms with Crippen LogP contribution in [0.1, 0.15) is 5.56 Å². The number of anilines is 3. The average molecular weight is 282 g/mol. The summed E-state index contributed by atoms with van der Waals surface area (Å²) in [6, 6.07) is 4.70. The molecule has 19 heavy (non-hydrogen) atoms. The van der Waals surface area contributed by atoms with Crippen LogP contribution in [0.25, 0.3) is 0 Å². The molecule has 100 valence electrons. The maximum absolute atomic E-state index is 13.7. The van der Waals surface area contributed by atoms with Gasteiger partial charge in [-0.15, -0.1) is 0 Å². The van der Waals surface area contributed by atoms with Gasteiger partial charge < -0.3 is 15.6 Å². The number of halogens is 2. The van der Waals surface area contributed by atoms with Gasteiger partial charge in [0, 0.05) is 13.2 Å². The van der Waals surface area contributed by atoms with Crippen LogP contribution in [0.2, 0.25) is 5.02 Å². The SMILES string of the molecule is Cc1ccc(Nc2c(N)cn(C)c(=O)c2Cl)c(F)c1. The number of benzene rings is 1. The number of nitrogens with one attached hydrogen (secondary N) is 1. The molecule has 0 saturated carbocycles. The zero-order valence-corrected chi connectivity index (χ0v) is 11.3. The van der Waals surface area contributed by atoms with Gasteiger partial charge in [-0.05, 0) is 24.6 Å². The Kier molecular flexibility index (Phi) is 3.48. The van der Waals surface area contributed by atoms with Crippen LogP contribution in [0, 0.1) is 12.7 Å². The molecule has 3 N–H and O–H groups in total. The Morgan fingerprint density at radius 3 is 2.74 bits per heavy atom. The van der Waals surface area contributed by atoms with Crippen LogP contribution in [0.4, 0.5) is 21.5 Å². The van der Waals surface area contributed by atoms with E-state index >= 15 is 0 Å². The van der Waals surface area contributed by atoms with E-state index in [2.05, 4.69) is 5.32 Å². The van der Waals surface area contributed by atoms with E-state index < -0.39 is 11.4 Å². The summed E-state index contributed by atoms with van der Waals surface area (Å²) in [6.45, 7) is 1.78. The molecule has 0 amide bonds. The molecular formula is C13H13ClFN3O. The summed E-state index contributed by atoms with van der Waals surface area (Å²) in [5, 5.41) is 2.69. The van der Waals surface area contributed by atoms with Crippen molar-refractivity contribution in [3.63, 3.8) is 0 Å². The Labute approximate surface area is 114 Å². The van der Waals surface area contributed by atoms with Crippen molar-refractivity contribution in [2.24, 2.45) is 7.05 Å². The fourth-order valence-corrected chi connectivity index (χ4v) is 1.99. The van der Waals surface area contributed by atoms with Crippen LogP contribution in [0.3, 0.4) is 0 Å². The largest absolute Gasteiger partial charge is 0.396 e. The Balaban J connectivity index is 2.50. The molecule has 1 heterocycles. The van der Waals surface area contributed by atoms with Crippen LogP contribution in [-0.4, -0.2) is 4.57 Å². The van der Waals surface area contributed by atoms with Crippen LogP contribution in [0.5, 0.6) is 0 Å². The van der Waals surface area contributed by atoms with E-state index in [1.54, 1.807) is 26.1 Å². The Bertz CT molecular complexity index is 697. The van der Waals surface area contributed by atoms with Crippen molar-refractivity contribution in [2.75, 3.05) is 11.1 Å². The van der Waals surface area contributed by atoms with E-state index in [0.717, 1.165) is 5.56 Å². The lowest BCUT2D eigenvalue weighted by molar-refractivity contribution is 0.631. The first-order valence-electron chi connectivity index (χ1n) is 5.58. The highest BCUT2D eigenvalue weighted by molar-refractivity contribution is 6.33. The van der Waals surface area contributed by atoms with Crippen LogP contribution >= 0.6 is 11.6 Å². The summed E-state index contributed by atoms with van der Waals surface area (Å²) in [5.74, 6) is -0.434. The highest BCUT2D eigenvalue weighted by Crippen LogP contribution is 2.29. The van der Waals surface area contributed by atoms with Gasteiger partial charge in [0.25, 0.3) is 5.56 Å². The molecule has 0 fully saturated rings. The number of nitrogens with zero attached hydrogens (tertiary/aromatic N) is 1.